The fourth-order valence-electron chi connectivity index (χ4n) is 2.07. The first kappa shape index (κ1) is 15.6. The maximum atomic E-state index is 11.5. The van der Waals surface area contributed by atoms with Crippen LogP contribution in [0.5, 0.6) is 0 Å². The molecule has 0 saturated carbocycles. The van der Waals surface area contributed by atoms with Gasteiger partial charge in [-0.2, -0.15) is 0 Å². The molecule has 0 bridgehead atoms. The number of hydrogen-bond donors (Lipinski definition) is 2. The topological polar surface area (TPSA) is 71.2 Å². The number of aromatic nitrogens is 1. The zero-order chi connectivity index (χ0) is 14.3. The Morgan fingerprint density at radius 1 is 1.53 bits per heavy atom. The predicted molar refractivity (Wildman–Crippen MR) is 76.6 cm³/mol. The molecule has 1 rings (SSSR count). The zero-order valence-electron chi connectivity index (χ0n) is 12.0. The van der Waals surface area contributed by atoms with E-state index in [9.17, 15) is 4.79 Å². The van der Waals surface area contributed by atoms with Crippen molar-refractivity contribution in [1.29, 1.82) is 0 Å². The van der Waals surface area contributed by atoms with Crippen LogP contribution in [0.3, 0.4) is 0 Å². The summed E-state index contributed by atoms with van der Waals surface area (Å²) in [4.78, 5) is 18.2. The molecule has 0 aliphatic carbocycles. The van der Waals surface area contributed by atoms with E-state index in [1.165, 1.54) is 0 Å². The summed E-state index contributed by atoms with van der Waals surface area (Å²) in [5.41, 5.74) is 7.81. The summed E-state index contributed by atoms with van der Waals surface area (Å²) in [5, 5.41) is 2.64. The van der Waals surface area contributed by atoms with Crippen molar-refractivity contribution in [1.82, 2.24) is 15.2 Å². The number of pyridine rings is 1. The van der Waals surface area contributed by atoms with Crippen LogP contribution in [0.25, 0.3) is 0 Å². The molecule has 106 valence electrons. The second-order valence-electron chi connectivity index (χ2n) is 4.60. The van der Waals surface area contributed by atoms with Crippen LogP contribution in [0.2, 0.25) is 0 Å². The normalized spacial score (nSPS) is 12.5. The summed E-state index contributed by atoms with van der Waals surface area (Å²) >= 11 is 0. The molecule has 0 fully saturated rings. The van der Waals surface area contributed by atoms with Gasteiger partial charge in [-0.25, -0.2) is 0 Å². The third-order valence-corrected chi connectivity index (χ3v) is 3.21. The van der Waals surface area contributed by atoms with Crippen molar-refractivity contribution < 1.29 is 4.79 Å². The molecule has 1 aromatic heterocycles. The van der Waals surface area contributed by atoms with Crippen molar-refractivity contribution in [2.45, 2.75) is 32.9 Å². The molecule has 1 atom stereocenters. The van der Waals surface area contributed by atoms with Gasteiger partial charge in [0.25, 0.3) is 0 Å². The minimum Gasteiger partial charge on any atom is -0.359 e. The lowest BCUT2D eigenvalue weighted by molar-refractivity contribution is -0.121. The molecule has 0 aliphatic heterocycles. The maximum Gasteiger partial charge on any atom is 0.221 e. The molecular formula is C14H24N4O. The van der Waals surface area contributed by atoms with Gasteiger partial charge < -0.3 is 11.1 Å². The van der Waals surface area contributed by atoms with Crippen molar-refractivity contribution in [3.63, 3.8) is 0 Å². The Balaban J connectivity index is 2.72. The molecule has 0 aromatic carbocycles. The summed E-state index contributed by atoms with van der Waals surface area (Å²) in [6.07, 6.45) is 0.423. The highest BCUT2D eigenvalue weighted by Gasteiger charge is 2.19. The molecule has 1 aromatic rings. The van der Waals surface area contributed by atoms with Crippen molar-refractivity contribution in [2.75, 3.05) is 20.1 Å². The number of amides is 1. The maximum absolute atomic E-state index is 11.5. The van der Waals surface area contributed by atoms with Gasteiger partial charge in [0.2, 0.25) is 5.91 Å². The fourth-order valence-corrected chi connectivity index (χ4v) is 2.07. The summed E-state index contributed by atoms with van der Waals surface area (Å²) in [6.45, 7) is 6.08. The Morgan fingerprint density at radius 3 is 2.79 bits per heavy atom. The van der Waals surface area contributed by atoms with Gasteiger partial charge in [-0.1, -0.05) is 13.0 Å². The second kappa shape index (κ2) is 7.86. The molecule has 19 heavy (non-hydrogen) atoms. The van der Waals surface area contributed by atoms with Crippen LogP contribution >= 0.6 is 0 Å². The summed E-state index contributed by atoms with van der Waals surface area (Å²) in [6, 6.07) is 6.03. The molecule has 1 heterocycles. The van der Waals surface area contributed by atoms with Gasteiger partial charge >= 0.3 is 0 Å². The molecule has 3 N–H and O–H groups in total. The number of carbonyl (C=O) groups is 1. The lowest BCUT2D eigenvalue weighted by Gasteiger charge is -2.29. The summed E-state index contributed by atoms with van der Waals surface area (Å²) < 4.78 is 0. The average molecular weight is 264 g/mol. The van der Waals surface area contributed by atoms with E-state index in [1.807, 2.05) is 25.1 Å². The van der Waals surface area contributed by atoms with Crippen molar-refractivity contribution >= 4 is 5.91 Å². The highest BCUT2D eigenvalue weighted by molar-refractivity contribution is 5.76. The van der Waals surface area contributed by atoms with Crippen LogP contribution in [-0.4, -0.2) is 42.0 Å². The van der Waals surface area contributed by atoms with E-state index in [-0.39, 0.29) is 11.9 Å². The minimum absolute atomic E-state index is 0.0195. The first-order chi connectivity index (χ1) is 9.10. The first-order valence-corrected chi connectivity index (χ1v) is 6.67. The predicted octanol–water partition coefficient (Wildman–Crippen LogP) is 0.675. The van der Waals surface area contributed by atoms with Gasteiger partial charge in [0.15, 0.2) is 0 Å². The fraction of sp³-hybridized carbons (Fsp3) is 0.571. The average Bonchev–Trinajstić information content (AvgIpc) is 2.42. The van der Waals surface area contributed by atoms with E-state index >= 15 is 0 Å². The molecule has 5 nitrogen and oxygen atoms in total. The van der Waals surface area contributed by atoms with E-state index in [4.69, 9.17) is 5.73 Å². The molecule has 0 spiro atoms. The highest BCUT2D eigenvalue weighted by atomic mass is 16.1. The van der Waals surface area contributed by atoms with Crippen molar-refractivity contribution in [3.8, 4) is 0 Å². The van der Waals surface area contributed by atoms with Crippen LogP contribution in [0.4, 0.5) is 0 Å². The van der Waals surface area contributed by atoms with Gasteiger partial charge in [-0.15, -0.1) is 0 Å². The molecule has 0 saturated heterocycles. The molecule has 0 aliphatic rings. The number of likely N-dealkylation sites (N-methyl/N-ethyl adjacent to an activating group) is 1. The number of hydrogen-bond acceptors (Lipinski definition) is 4. The largest absolute Gasteiger partial charge is 0.359 e. The van der Waals surface area contributed by atoms with Gasteiger partial charge in [0, 0.05) is 38.3 Å². The monoisotopic (exact) mass is 264 g/mol. The Bertz CT molecular complexity index is 408. The van der Waals surface area contributed by atoms with Crippen LogP contribution in [0.1, 0.15) is 24.7 Å². The quantitative estimate of drug-likeness (QED) is 0.759. The van der Waals surface area contributed by atoms with E-state index < -0.39 is 0 Å². The Hall–Kier alpha value is -1.46. The van der Waals surface area contributed by atoms with E-state index in [0.29, 0.717) is 13.0 Å². The molecule has 1 amide bonds. The number of aryl methyl sites for hydroxylation is 1. The Morgan fingerprint density at radius 2 is 2.26 bits per heavy atom. The number of nitrogens with zero attached hydrogens (tertiary/aromatic N) is 2. The number of nitrogens with two attached hydrogens (primary N) is 1. The van der Waals surface area contributed by atoms with E-state index in [2.05, 4.69) is 22.1 Å². The third kappa shape index (κ3) is 4.96. The smallest absolute Gasteiger partial charge is 0.221 e. The SMILES string of the molecule is CCN(Cc1cccc(C)n1)C(CN)CC(=O)NC. The lowest BCUT2D eigenvalue weighted by Crippen LogP contribution is -2.43. The highest BCUT2D eigenvalue weighted by Crippen LogP contribution is 2.09. The van der Waals surface area contributed by atoms with E-state index in [0.717, 1.165) is 24.5 Å². The van der Waals surface area contributed by atoms with E-state index in [1.54, 1.807) is 7.05 Å². The first-order valence-electron chi connectivity index (χ1n) is 6.67. The van der Waals surface area contributed by atoms with Crippen molar-refractivity contribution in [2.24, 2.45) is 5.73 Å². The van der Waals surface area contributed by atoms with Crippen molar-refractivity contribution in [3.05, 3.63) is 29.6 Å². The Kier molecular flexibility index (Phi) is 6.45. The van der Waals surface area contributed by atoms with Crippen LogP contribution in [-0.2, 0) is 11.3 Å². The van der Waals surface area contributed by atoms with Gasteiger partial charge in [-0.05, 0) is 25.6 Å². The molecule has 1 unspecified atom stereocenters. The summed E-state index contributed by atoms with van der Waals surface area (Å²) in [7, 11) is 1.65. The second-order valence-corrected chi connectivity index (χ2v) is 4.60. The number of rotatable bonds is 7. The zero-order valence-corrected chi connectivity index (χ0v) is 12.0. The van der Waals surface area contributed by atoms with Crippen LogP contribution in [0, 0.1) is 6.92 Å². The standard InChI is InChI=1S/C14H24N4O/c1-4-18(13(9-15)8-14(19)16-3)10-12-7-5-6-11(2)17-12/h5-7,13H,4,8-10,15H2,1-3H3,(H,16,19). The van der Waals surface area contributed by atoms with Gasteiger partial charge in [0.1, 0.15) is 0 Å². The molecule has 5 heteroatoms. The minimum atomic E-state index is 0.0195. The molecule has 0 radical (unpaired) electrons. The van der Waals surface area contributed by atoms with Gasteiger partial charge in [-0.3, -0.25) is 14.7 Å². The lowest BCUT2D eigenvalue weighted by atomic mass is 10.1. The summed E-state index contributed by atoms with van der Waals surface area (Å²) in [5.74, 6) is 0.0195. The number of nitrogens with one attached hydrogen (secondary N) is 1. The third-order valence-electron chi connectivity index (χ3n) is 3.21. The van der Waals surface area contributed by atoms with Crippen LogP contribution in [0.15, 0.2) is 18.2 Å². The van der Waals surface area contributed by atoms with Gasteiger partial charge in [0.05, 0.1) is 5.69 Å². The van der Waals surface area contributed by atoms with Crippen LogP contribution < -0.4 is 11.1 Å². The Labute approximate surface area is 115 Å². The molecular weight excluding hydrogens is 240 g/mol. The number of carbonyl (C=O) groups excluding carboxylic acids is 1.